The molecule has 1 N–H and O–H groups in total. The molecule has 2 aromatic rings. The number of nitrogens with one attached hydrogen (secondary N) is 1. The molecular weight excluding hydrogens is 224 g/mol. The van der Waals surface area contributed by atoms with Crippen LogP contribution in [0.5, 0.6) is 0 Å². The molecule has 0 spiro atoms. The van der Waals surface area contributed by atoms with Crippen LogP contribution in [0, 0.1) is 0 Å². The van der Waals surface area contributed by atoms with Gasteiger partial charge in [0.1, 0.15) is 0 Å². The SMILES string of the molecule is c1cnnc(CNC2CCCc3cccnc32)c1. The molecule has 0 aromatic carbocycles. The normalized spacial score (nSPS) is 18.3. The zero-order chi connectivity index (χ0) is 12.2. The van der Waals surface area contributed by atoms with Gasteiger partial charge in [0.2, 0.25) is 0 Å². The van der Waals surface area contributed by atoms with Gasteiger partial charge in [0, 0.05) is 18.9 Å². The Balaban J connectivity index is 1.71. The molecule has 1 unspecified atom stereocenters. The number of aryl methyl sites for hydroxylation is 1. The van der Waals surface area contributed by atoms with Gasteiger partial charge in [-0.05, 0) is 43.0 Å². The van der Waals surface area contributed by atoms with Crippen molar-refractivity contribution in [3.8, 4) is 0 Å². The molecule has 2 heterocycles. The van der Waals surface area contributed by atoms with E-state index in [2.05, 4.69) is 26.6 Å². The fraction of sp³-hybridized carbons (Fsp3) is 0.357. The second kappa shape index (κ2) is 5.23. The average Bonchev–Trinajstić information content (AvgIpc) is 2.46. The van der Waals surface area contributed by atoms with Gasteiger partial charge in [-0.2, -0.15) is 10.2 Å². The maximum absolute atomic E-state index is 4.51. The minimum atomic E-state index is 0.344. The van der Waals surface area contributed by atoms with E-state index < -0.39 is 0 Å². The first-order valence-corrected chi connectivity index (χ1v) is 6.37. The van der Waals surface area contributed by atoms with Crippen LogP contribution in [-0.2, 0) is 13.0 Å². The van der Waals surface area contributed by atoms with Crippen molar-refractivity contribution in [2.45, 2.75) is 31.8 Å². The third-order valence-electron chi connectivity index (χ3n) is 3.35. The zero-order valence-corrected chi connectivity index (χ0v) is 10.2. The number of rotatable bonds is 3. The van der Waals surface area contributed by atoms with E-state index in [0.29, 0.717) is 6.04 Å². The first kappa shape index (κ1) is 11.3. The quantitative estimate of drug-likeness (QED) is 0.892. The van der Waals surface area contributed by atoms with Crippen LogP contribution in [0.4, 0.5) is 0 Å². The van der Waals surface area contributed by atoms with E-state index in [0.717, 1.165) is 25.1 Å². The summed E-state index contributed by atoms with van der Waals surface area (Å²) in [5.74, 6) is 0. The lowest BCUT2D eigenvalue weighted by molar-refractivity contribution is 0.444. The summed E-state index contributed by atoms with van der Waals surface area (Å²) in [6, 6.07) is 8.44. The van der Waals surface area contributed by atoms with Gasteiger partial charge in [0.25, 0.3) is 0 Å². The van der Waals surface area contributed by atoms with E-state index in [1.54, 1.807) is 6.20 Å². The van der Waals surface area contributed by atoms with Crippen LogP contribution in [0.2, 0.25) is 0 Å². The molecule has 0 saturated heterocycles. The number of hydrogen-bond donors (Lipinski definition) is 1. The van der Waals surface area contributed by atoms with Gasteiger partial charge >= 0.3 is 0 Å². The number of fused-ring (bicyclic) bond motifs is 1. The minimum Gasteiger partial charge on any atom is -0.303 e. The Kier molecular flexibility index (Phi) is 3.28. The highest BCUT2D eigenvalue weighted by atomic mass is 15.1. The summed E-state index contributed by atoms with van der Waals surface area (Å²) in [4.78, 5) is 4.51. The molecule has 0 aliphatic heterocycles. The van der Waals surface area contributed by atoms with Crippen LogP contribution in [0.3, 0.4) is 0 Å². The molecule has 4 heteroatoms. The fourth-order valence-corrected chi connectivity index (χ4v) is 2.46. The Morgan fingerprint density at radius 1 is 1.22 bits per heavy atom. The van der Waals surface area contributed by atoms with Crippen molar-refractivity contribution in [1.29, 1.82) is 0 Å². The van der Waals surface area contributed by atoms with Crippen LogP contribution in [0.15, 0.2) is 36.7 Å². The van der Waals surface area contributed by atoms with Crippen molar-refractivity contribution in [1.82, 2.24) is 20.5 Å². The molecule has 4 nitrogen and oxygen atoms in total. The molecule has 1 aliphatic carbocycles. The van der Waals surface area contributed by atoms with Crippen molar-refractivity contribution >= 4 is 0 Å². The van der Waals surface area contributed by atoms with Gasteiger partial charge in [-0.3, -0.25) is 4.98 Å². The Morgan fingerprint density at radius 2 is 2.17 bits per heavy atom. The molecule has 0 amide bonds. The standard InChI is InChI=1S/C14H16N4/c1-4-11-5-2-8-15-14(11)13(7-1)16-10-12-6-3-9-17-18-12/h2-3,5-6,8-9,13,16H,1,4,7,10H2. The first-order chi connectivity index (χ1) is 8.93. The molecule has 18 heavy (non-hydrogen) atoms. The number of pyridine rings is 1. The second-order valence-electron chi connectivity index (χ2n) is 4.59. The summed E-state index contributed by atoms with van der Waals surface area (Å²) < 4.78 is 0. The molecule has 0 fully saturated rings. The van der Waals surface area contributed by atoms with Crippen LogP contribution in [-0.4, -0.2) is 15.2 Å². The van der Waals surface area contributed by atoms with Crippen molar-refractivity contribution in [3.63, 3.8) is 0 Å². The molecule has 1 atom stereocenters. The maximum Gasteiger partial charge on any atom is 0.0769 e. The molecular formula is C14H16N4. The molecule has 0 saturated carbocycles. The lowest BCUT2D eigenvalue weighted by Gasteiger charge is -2.25. The van der Waals surface area contributed by atoms with Gasteiger partial charge in [-0.25, -0.2) is 0 Å². The molecule has 0 bridgehead atoms. The number of aromatic nitrogens is 3. The van der Waals surface area contributed by atoms with Crippen molar-refractivity contribution in [2.24, 2.45) is 0 Å². The van der Waals surface area contributed by atoms with Gasteiger partial charge in [-0.1, -0.05) is 6.07 Å². The Bertz CT molecular complexity index is 512. The summed E-state index contributed by atoms with van der Waals surface area (Å²) in [7, 11) is 0. The van der Waals surface area contributed by atoms with Crippen LogP contribution in [0.25, 0.3) is 0 Å². The topological polar surface area (TPSA) is 50.7 Å². The fourth-order valence-electron chi connectivity index (χ4n) is 2.46. The third kappa shape index (κ3) is 2.38. The van der Waals surface area contributed by atoms with Crippen LogP contribution < -0.4 is 5.32 Å². The van der Waals surface area contributed by atoms with Crippen LogP contribution in [0.1, 0.15) is 35.8 Å². The van der Waals surface area contributed by atoms with Gasteiger partial charge < -0.3 is 5.32 Å². The lowest BCUT2D eigenvalue weighted by Crippen LogP contribution is -2.26. The summed E-state index contributed by atoms with van der Waals surface area (Å²) in [5, 5.41) is 11.5. The number of nitrogens with zero attached hydrogens (tertiary/aromatic N) is 3. The van der Waals surface area contributed by atoms with Gasteiger partial charge in [0.05, 0.1) is 17.4 Å². The highest BCUT2D eigenvalue weighted by Gasteiger charge is 2.20. The smallest absolute Gasteiger partial charge is 0.0769 e. The second-order valence-corrected chi connectivity index (χ2v) is 4.59. The zero-order valence-electron chi connectivity index (χ0n) is 10.2. The maximum atomic E-state index is 4.51. The highest BCUT2D eigenvalue weighted by Crippen LogP contribution is 2.27. The monoisotopic (exact) mass is 240 g/mol. The largest absolute Gasteiger partial charge is 0.303 e. The van der Waals surface area contributed by atoms with Crippen molar-refractivity contribution in [2.75, 3.05) is 0 Å². The first-order valence-electron chi connectivity index (χ1n) is 6.37. The van der Waals surface area contributed by atoms with E-state index in [-0.39, 0.29) is 0 Å². The van der Waals surface area contributed by atoms with Crippen molar-refractivity contribution < 1.29 is 0 Å². The predicted octanol–water partition coefficient (Wildman–Crippen LogP) is 2.04. The van der Waals surface area contributed by atoms with Gasteiger partial charge in [-0.15, -0.1) is 0 Å². The van der Waals surface area contributed by atoms with E-state index in [4.69, 9.17) is 0 Å². The number of hydrogen-bond acceptors (Lipinski definition) is 4. The molecule has 0 radical (unpaired) electrons. The van der Waals surface area contributed by atoms with E-state index >= 15 is 0 Å². The van der Waals surface area contributed by atoms with E-state index in [1.165, 1.54) is 17.7 Å². The molecule has 3 rings (SSSR count). The van der Waals surface area contributed by atoms with Crippen LogP contribution >= 0.6 is 0 Å². The summed E-state index contributed by atoms with van der Waals surface area (Å²) >= 11 is 0. The average molecular weight is 240 g/mol. The highest BCUT2D eigenvalue weighted by molar-refractivity contribution is 5.25. The Morgan fingerprint density at radius 3 is 3.06 bits per heavy atom. The third-order valence-corrected chi connectivity index (χ3v) is 3.35. The predicted molar refractivity (Wildman–Crippen MR) is 68.8 cm³/mol. The lowest BCUT2D eigenvalue weighted by atomic mass is 9.92. The Hall–Kier alpha value is -1.81. The summed E-state index contributed by atoms with van der Waals surface area (Å²) in [6.45, 7) is 0.745. The molecule has 1 aliphatic rings. The molecule has 2 aromatic heterocycles. The van der Waals surface area contributed by atoms with Gasteiger partial charge in [0.15, 0.2) is 0 Å². The Labute approximate surface area is 106 Å². The summed E-state index contributed by atoms with van der Waals surface area (Å²) in [6.07, 6.45) is 7.08. The summed E-state index contributed by atoms with van der Waals surface area (Å²) in [5.41, 5.74) is 3.55. The van der Waals surface area contributed by atoms with E-state index in [9.17, 15) is 0 Å². The minimum absolute atomic E-state index is 0.344. The molecule has 92 valence electrons. The van der Waals surface area contributed by atoms with E-state index in [1.807, 2.05) is 24.4 Å². The van der Waals surface area contributed by atoms with Crippen molar-refractivity contribution in [3.05, 3.63) is 53.6 Å².